The van der Waals surface area contributed by atoms with Crippen molar-refractivity contribution in [3.63, 3.8) is 0 Å². The van der Waals surface area contributed by atoms with E-state index in [0.717, 1.165) is 18.7 Å². The monoisotopic (exact) mass is 165 g/mol. The van der Waals surface area contributed by atoms with Crippen molar-refractivity contribution in [3.05, 3.63) is 36.5 Å². The first-order chi connectivity index (χ1) is 5.70. The lowest BCUT2D eigenvalue weighted by Gasteiger charge is -2.12. The average molecular weight is 165 g/mol. The third kappa shape index (κ3) is 5.93. The Morgan fingerprint density at radius 2 is 2.08 bits per heavy atom. The Kier molecular flexibility index (Phi) is 6.39. The van der Waals surface area contributed by atoms with Crippen LogP contribution in [0.2, 0.25) is 0 Å². The van der Waals surface area contributed by atoms with Crippen LogP contribution in [0.1, 0.15) is 13.8 Å². The van der Waals surface area contributed by atoms with Crippen molar-refractivity contribution in [2.45, 2.75) is 13.8 Å². The summed E-state index contributed by atoms with van der Waals surface area (Å²) in [7, 11) is 2.09. The van der Waals surface area contributed by atoms with Gasteiger partial charge in [0.15, 0.2) is 0 Å². The molecule has 0 radical (unpaired) electrons. The number of hydrogen-bond acceptors (Lipinski definition) is 1. The molecule has 12 heavy (non-hydrogen) atoms. The van der Waals surface area contributed by atoms with Gasteiger partial charge < -0.3 is 4.90 Å². The summed E-state index contributed by atoms with van der Waals surface area (Å²) in [6, 6.07) is 0. The maximum absolute atomic E-state index is 3.95. The maximum atomic E-state index is 3.95. The van der Waals surface area contributed by atoms with Crippen LogP contribution in [-0.2, 0) is 0 Å². The third-order valence-electron chi connectivity index (χ3n) is 1.65. The van der Waals surface area contributed by atoms with Crippen molar-refractivity contribution in [3.8, 4) is 0 Å². The van der Waals surface area contributed by atoms with E-state index < -0.39 is 0 Å². The molecule has 0 fully saturated rings. The number of nitrogens with zero attached hydrogens (tertiary/aromatic N) is 1. The molecule has 0 aromatic heterocycles. The van der Waals surface area contributed by atoms with Crippen LogP contribution in [0, 0.1) is 0 Å². The zero-order valence-electron chi connectivity index (χ0n) is 8.38. The summed E-state index contributed by atoms with van der Waals surface area (Å²) in [6.45, 7) is 10.1. The van der Waals surface area contributed by atoms with Crippen molar-refractivity contribution in [1.82, 2.24) is 4.90 Å². The van der Waals surface area contributed by atoms with Crippen molar-refractivity contribution >= 4 is 0 Å². The lowest BCUT2D eigenvalue weighted by atomic mass is 10.2. The van der Waals surface area contributed by atoms with Crippen LogP contribution in [0.4, 0.5) is 0 Å². The predicted molar refractivity (Wildman–Crippen MR) is 56.3 cm³/mol. The molecule has 0 aliphatic heterocycles. The Balaban J connectivity index is 3.73. The van der Waals surface area contributed by atoms with E-state index >= 15 is 0 Å². The minimum atomic E-state index is 0.949. The molecule has 0 amide bonds. The molecule has 0 aromatic carbocycles. The van der Waals surface area contributed by atoms with Crippen molar-refractivity contribution in [2.75, 3.05) is 20.1 Å². The van der Waals surface area contributed by atoms with E-state index in [2.05, 4.69) is 25.5 Å². The molecule has 68 valence electrons. The summed E-state index contributed by atoms with van der Waals surface area (Å²) in [6.07, 6.45) is 8.09. The fraction of sp³-hybridized carbons (Fsp3) is 0.455. The fourth-order valence-electron chi connectivity index (χ4n) is 0.814. The van der Waals surface area contributed by atoms with Gasteiger partial charge >= 0.3 is 0 Å². The summed E-state index contributed by atoms with van der Waals surface area (Å²) in [5.74, 6) is 0. The van der Waals surface area contributed by atoms with Crippen LogP contribution in [0.25, 0.3) is 0 Å². The molecule has 0 aliphatic rings. The van der Waals surface area contributed by atoms with E-state index in [1.54, 1.807) is 0 Å². The van der Waals surface area contributed by atoms with Gasteiger partial charge in [-0.2, -0.15) is 0 Å². The van der Waals surface area contributed by atoms with Crippen LogP contribution in [0.3, 0.4) is 0 Å². The molecule has 0 aliphatic carbocycles. The molecule has 0 heterocycles. The first kappa shape index (κ1) is 11.2. The van der Waals surface area contributed by atoms with Gasteiger partial charge in [0.25, 0.3) is 0 Å². The van der Waals surface area contributed by atoms with Gasteiger partial charge in [0, 0.05) is 6.54 Å². The molecule has 0 unspecified atom stereocenters. The largest absolute Gasteiger partial charge is 0.302 e. The highest BCUT2D eigenvalue weighted by atomic mass is 15.1. The Bertz CT molecular complexity index is 177. The zero-order chi connectivity index (χ0) is 9.40. The molecule has 0 N–H and O–H groups in total. The molecule has 1 heteroatoms. The molecule has 0 aromatic rings. The van der Waals surface area contributed by atoms with Gasteiger partial charge in [-0.05, 0) is 26.1 Å². The predicted octanol–water partition coefficient (Wildman–Crippen LogP) is 2.63. The number of hydrogen-bond donors (Lipinski definition) is 0. The van der Waals surface area contributed by atoms with Gasteiger partial charge in [0.05, 0.1) is 0 Å². The minimum Gasteiger partial charge on any atom is -0.302 e. The van der Waals surface area contributed by atoms with E-state index in [1.807, 2.05) is 31.2 Å². The quantitative estimate of drug-likeness (QED) is 0.566. The molecule has 0 bridgehead atoms. The van der Waals surface area contributed by atoms with Crippen LogP contribution in [0.15, 0.2) is 36.5 Å². The first-order valence-corrected chi connectivity index (χ1v) is 4.36. The van der Waals surface area contributed by atoms with Crippen LogP contribution in [-0.4, -0.2) is 25.0 Å². The Labute approximate surface area is 76.1 Å². The van der Waals surface area contributed by atoms with Crippen LogP contribution in [0.5, 0.6) is 0 Å². The van der Waals surface area contributed by atoms with Crippen LogP contribution < -0.4 is 0 Å². The van der Waals surface area contributed by atoms with E-state index in [9.17, 15) is 0 Å². The summed E-state index contributed by atoms with van der Waals surface area (Å²) in [5, 5.41) is 0. The van der Waals surface area contributed by atoms with Crippen molar-refractivity contribution in [2.24, 2.45) is 0 Å². The lowest BCUT2D eigenvalue weighted by Crippen LogP contribution is -2.19. The Hall–Kier alpha value is -0.820. The average Bonchev–Trinajstić information content (AvgIpc) is 2.05. The second-order valence-electron chi connectivity index (χ2n) is 2.87. The highest BCUT2D eigenvalue weighted by Crippen LogP contribution is 1.96. The minimum absolute atomic E-state index is 0.949. The van der Waals surface area contributed by atoms with Gasteiger partial charge in [-0.15, -0.1) is 0 Å². The van der Waals surface area contributed by atoms with Gasteiger partial charge in [-0.3, -0.25) is 0 Å². The summed E-state index contributed by atoms with van der Waals surface area (Å²) in [4.78, 5) is 2.22. The van der Waals surface area contributed by atoms with Crippen molar-refractivity contribution < 1.29 is 0 Å². The topological polar surface area (TPSA) is 3.24 Å². The highest BCUT2D eigenvalue weighted by Gasteiger charge is 1.93. The summed E-state index contributed by atoms with van der Waals surface area (Å²) < 4.78 is 0. The molecule has 0 rings (SSSR count). The molecular formula is C11H19N. The van der Waals surface area contributed by atoms with Gasteiger partial charge in [0.2, 0.25) is 0 Å². The Morgan fingerprint density at radius 1 is 1.42 bits per heavy atom. The first-order valence-electron chi connectivity index (χ1n) is 4.36. The highest BCUT2D eigenvalue weighted by molar-refractivity contribution is 5.20. The normalized spacial score (nSPS) is 12.0. The molecule has 0 atom stereocenters. The number of likely N-dealkylation sites (N-methyl/N-ethyl adjacent to an activating group) is 1. The summed E-state index contributed by atoms with van der Waals surface area (Å²) >= 11 is 0. The lowest BCUT2D eigenvalue weighted by molar-refractivity contribution is 0.387. The molecule has 0 spiro atoms. The summed E-state index contributed by atoms with van der Waals surface area (Å²) in [5.41, 5.74) is 1.15. The SMILES string of the molecule is C=C(/C=C\C=C/C)CN(C)CC. The van der Waals surface area contributed by atoms with Gasteiger partial charge in [-0.1, -0.05) is 37.8 Å². The van der Waals surface area contributed by atoms with Gasteiger partial charge in [-0.25, -0.2) is 0 Å². The Morgan fingerprint density at radius 3 is 2.58 bits per heavy atom. The van der Waals surface area contributed by atoms with E-state index in [1.165, 1.54) is 0 Å². The molecule has 0 saturated carbocycles. The maximum Gasteiger partial charge on any atom is 0.0224 e. The van der Waals surface area contributed by atoms with E-state index in [0.29, 0.717) is 0 Å². The number of allylic oxidation sites excluding steroid dienone is 3. The third-order valence-corrected chi connectivity index (χ3v) is 1.65. The fourth-order valence-corrected chi connectivity index (χ4v) is 0.814. The van der Waals surface area contributed by atoms with Crippen LogP contribution >= 0.6 is 0 Å². The molecular weight excluding hydrogens is 146 g/mol. The second kappa shape index (κ2) is 6.86. The number of rotatable bonds is 5. The molecule has 0 saturated heterocycles. The molecule has 1 nitrogen and oxygen atoms in total. The standard InChI is InChI=1S/C11H19N/c1-5-7-8-9-11(3)10-12(4)6-2/h5,7-9H,3,6,10H2,1-2,4H3/b7-5-,9-8-. The van der Waals surface area contributed by atoms with Crippen molar-refractivity contribution in [1.29, 1.82) is 0 Å². The van der Waals surface area contributed by atoms with E-state index in [-0.39, 0.29) is 0 Å². The van der Waals surface area contributed by atoms with E-state index in [4.69, 9.17) is 0 Å². The zero-order valence-corrected chi connectivity index (χ0v) is 8.38. The van der Waals surface area contributed by atoms with Gasteiger partial charge in [0.1, 0.15) is 0 Å². The smallest absolute Gasteiger partial charge is 0.0224 e. The second-order valence-corrected chi connectivity index (χ2v) is 2.87.